The summed E-state index contributed by atoms with van der Waals surface area (Å²) in [5, 5.41) is 8.74. The first-order valence-corrected chi connectivity index (χ1v) is 7.03. The van der Waals surface area contributed by atoms with Gasteiger partial charge in [0, 0.05) is 25.2 Å². The molecule has 4 nitrogen and oxygen atoms in total. The SMILES string of the molecule is NC1CCCCC1N1CCC(OCCO)CC1. The lowest BCUT2D eigenvalue weighted by Gasteiger charge is -2.42. The van der Waals surface area contributed by atoms with Crippen molar-refractivity contribution in [2.24, 2.45) is 5.73 Å². The van der Waals surface area contributed by atoms with Gasteiger partial charge in [0.05, 0.1) is 19.3 Å². The minimum absolute atomic E-state index is 0.133. The van der Waals surface area contributed by atoms with Gasteiger partial charge in [0.15, 0.2) is 0 Å². The summed E-state index contributed by atoms with van der Waals surface area (Å²) in [5.41, 5.74) is 6.22. The van der Waals surface area contributed by atoms with E-state index < -0.39 is 0 Å². The van der Waals surface area contributed by atoms with E-state index in [1.165, 1.54) is 25.7 Å². The summed E-state index contributed by atoms with van der Waals surface area (Å²) in [5.74, 6) is 0. The first-order valence-electron chi connectivity index (χ1n) is 7.03. The van der Waals surface area contributed by atoms with Crippen LogP contribution >= 0.6 is 0 Å². The fraction of sp³-hybridized carbons (Fsp3) is 1.00. The van der Waals surface area contributed by atoms with Crippen LogP contribution in [0.5, 0.6) is 0 Å². The van der Waals surface area contributed by atoms with Crippen LogP contribution in [0.1, 0.15) is 38.5 Å². The van der Waals surface area contributed by atoms with Crippen molar-refractivity contribution in [3.05, 3.63) is 0 Å². The molecule has 0 bridgehead atoms. The molecule has 1 aliphatic heterocycles. The smallest absolute Gasteiger partial charge is 0.0701 e. The van der Waals surface area contributed by atoms with Crippen LogP contribution in [-0.4, -0.2) is 54.5 Å². The normalized spacial score (nSPS) is 32.8. The standard InChI is InChI=1S/C13H26N2O2/c14-12-3-1-2-4-13(12)15-7-5-11(6-8-15)17-10-9-16/h11-13,16H,1-10,14H2. The lowest BCUT2D eigenvalue weighted by atomic mass is 9.88. The van der Waals surface area contributed by atoms with Gasteiger partial charge in [0.2, 0.25) is 0 Å². The van der Waals surface area contributed by atoms with Crippen LogP contribution in [0.15, 0.2) is 0 Å². The Balaban J connectivity index is 1.74. The Bertz CT molecular complexity index is 217. The van der Waals surface area contributed by atoms with Crippen molar-refractivity contribution in [2.75, 3.05) is 26.3 Å². The summed E-state index contributed by atoms with van der Waals surface area (Å²) in [7, 11) is 0. The molecule has 0 aromatic carbocycles. The lowest BCUT2D eigenvalue weighted by Crippen LogP contribution is -2.52. The molecule has 0 aromatic heterocycles. The van der Waals surface area contributed by atoms with Crippen LogP contribution < -0.4 is 5.73 Å². The molecule has 0 aromatic rings. The molecule has 1 saturated heterocycles. The summed E-state index contributed by atoms with van der Waals surface area (Å²) in [6, 6.07) is 0.973. The van der Waals surface area contributed by atoms with Crippen LogP contribution in [0.25, 0.3) is 0 Å². The number of likely N-dealkylation sites (tertiary alicyclic amines) is 1. The Kier molecular flexibility index (Phi) is 5.22. The zero-order chi connectivity index (χ0) is 12.1. The number of ether oxygens (including phenoxy) is 1. The predicted octanol–water partition coefficient (Wildman–Crippen LogP) is 0.730. The minimum atomic E-state index is 0.133. The van der Waals surface area contributed by atoms with Crippen molar-refractivity contribution in [3.8, 4) is 0 Å². The molecule has 2 unspecified atom stereocenters. The molecule has 2 aliphatic rings. The maximum atomic E-state index is 8.74. The van der Waals surface area contributed by atoms with E-state index in [-0.39, 0.29) is 6.61 Å². The zero-order valence-electron chi connectivity index (χ0n) is 10.7. The van der Waals surface area contributed by atoms with E-state index in [0.717, 1.165) is 25.9 Å². The highest BCUT2D eigenvalue weighted by Crippen LogP contribution is 2.25. The summed E-state index contributed by atoms with van der Waals surface area (Å²) >= 11 is 0. The summed E-state index contributed by atoms with van der Waals surface area (Å²) in [6.07, 6.45) is 7.60. The van der Waals surface area contributed by atoms with Crippen molar-refractivity contribution >= 4 is 0 Å². The summed E-state index contributed by atoms with van der Waals surface area (Å²) in [4.78, 5) is 2.56. The Morgan fingerprint density at radius 2 is 1.82 bits per heavy atom. The predicted molar refractivity (Wildman–Crippen MR) is 67.9 cm³/mol. The van der Waals surface area contributed by atoms with Crippen molar-refractivity contribution in [1.29, 1.82) is 0 Å². The van der Waals surface area contributed by atoms with Gasteiger partial charge in [-0.1, -0.05) is 12.8 Å². The van der Waals surface area contributed by atoms with Crippen LogP contribution in [0.3, 0.4) is 0 Å². The van der Waals surface area contributed by atoms with Crippen molar-refractivity contribution in [1.82, 2.24) is 4.90 Å². The van der Waals surface area contributed by atoms with Crippen LogP contribution in [-0.2, 0) is 4.74 Å². The highest BCUT2D eigenvalue weighted by atomic mass is 16.5. The molecule has 0 radical (unpaired) electrons. The van der Waals surface area contributed by atoms with E-state index in [1.807, 2.05) is 0 Å². The Hall–Kier alpha value is -0.160. The molecule has 2 atom stereocenters. The average Bonchev–Trinajstić information content (AvgIpc) is 2.38. The van der Waals surface area contributed by atoms with Crippen LogP contribution in [0, 0.1) is 0 Å². The number of aliphatic hydroxyl groups is 1. The number of hydrogen-bond donors (Lipinski definition) is 2. The third-order valence-electron chi connectivity index (χ3n) is 4.17. The van der Waals surface area contributed by atoms with Crippen LogP contribution in [0.2, 0.25) is 0 Å². The van der Waals surface area contributed by atoms with Gasteiger partial charge in [-0.15, -0.1) is 0 Å². The average molecular weight is 242 g/mol. The molecule has 1 saturated carbocycles. The molecule has 1 heterocycles. The maximum absolute atomic E-state index is 8.74. The highest BCUT2D eigenvalue weighted by molar-refractivity contribution is 4.88. The molecule has 2 fully saturated rings. The Morgan fingerprint density at radius 1 is 1.12 bits per heavy atom. The fourth-order valence-corrected chi connectivity index (χ4v) is 3.19. The topological polar surface area (TPSA) is 58.7 Å². The van der Waals surface area contributed by atoms with Crippen molar-refractivity contribution < 1.29 is 9.84 Å². The molecule has 17 heavy (non-hydrogen) atoms. The van der Waals surface area contributed by atoms with E-state index >= 15 is 0 Å². The number of rotatable bonds is 4. The minimum Gasteiger partial charge on any atom is -0.394 e. The Morgan fingerprint density at radius 3 is 2.47 bits per heavy atom. The maximum Gasteiger partial charge on any atom is 0.0701 e. The number of hydrogen-bond acceptors (Lipinski definition) is 4. The fourth-order valence-electron chi connectivity index (χ4n) is 3.19. The van der Waals surface area contributed by atoms with Gasteiger partial charge in [-0.3, -0.25) is 4.90 Å². The largest absolute Gasteiger partial charge is 0.394 e. The second kappa shape index (κ2) is 6.69. The molecule has 3 N–H and O–H groups in total. The van der Waals surface area contributed by atoms with Gasteiger partial charge in [0.1, 0.15) is 0 Å². The van der Waals surface area contributed by atoms with E-state index in [9.17, 15) is 0 Å². The second-order valence-electron chi connectivity index (χ2n) is 5.35. The van der Waals surface area contributed by atoms with Gasteiger partial charge in [0.25, 0.3) is 0 Å². The molecule has 4 heteroatoms. The molecule has 2 rings (SSSR count). The quantitative estimate of drug-likeness (QED) is 0.763. The molecule has 1 aliphatic carbocycles. The summed E-state index contributed by atoms with van der Waals surface area (Å²) < 4.78 is 5.59. The first-order chi connectivity index (χ1) is 8.31. The van der Waals surface area contributed by atoms with Gasteiger partial charge in [-0.05, 0) is 25.7 Å². The molecule has 0 spiro atoms. The highest BCUT2D eigenvalue weighted by Gasteiger charge is 2.30. The molecule has 100 valence electrons. The van der Waals surface area contributed by atoms with Gasteiger partial charge >= 0.3 is 0 Å². The number of piperidine rings is 1. The number of nitrogens with zero attached hydrogens (tertiary/aromatic N) is 1. The molecule has 0 amide bonds. The number of nitrogens with two attached hydrogens (primary N) is 1. The van der Waals surface area contributed by atoms with Gasteiger partial charge in [-0.2, -0.15) is 0 Å². The second-order valence-corrected chi connectivity index (χ2v) is 5.35. The lowest BCUT2D eigenvalue weighted by molar-refractivity contribution is -0.0202. The van der Waals surface area contributed by atoms with Crippen molar-refractivity contribution in [2.45, 2.75) is 56.7 Å². The van der Waals surface area contributed by atoms with Gasteiger partial charge < -0.3 is 15.6 Å². The zero-order valence-corrected chi connectivity index (χ0v) is 10.7. The monoisotopic (exact) mass is 242 g/mol. The first kappa shape index (κ1) is 13.3. The summed E-state index contributed by atoms with van der Waals surface area (Å²) in [6.45, 7) is 2.82. The Labute approximate surface area is 104 Å². The third-order valence-corrected chi connectivity index (χ3v) is 4.17. The van der Waals surface area contributed by atoms with E-state index in [1.54, 1.807) is 0 Å². The van der Waals surface area contributed by atoms with E-state index in [0.29, 0.717) is 24.8 Å². The van der Waals surface area contributed by atoms with Crippen molar-refractivity contribution in [3.63, 3.8) is 0 Å². The van der Waals surface area contributed by atoms with Gasteiger partial charge in [-0.25, -0.2) is 0 Å². The third kappa shape index (κ3) is 3.65. The van der Waals surface area contributed by atoms with Crippen LogP contribution in [0.4, 0.5) is 0 Å². The molecular formula is C13H26N2O2. The molecular weight excluding hydrogens is 216 g/mol. The number of aliphatic hydroxyl groups excluding tert-OH is 1. The van der Waals surface area contributed by atoms with E-state index in [4.69, 9.17) is 15.6 Å². The van der Waals surface area contributed by atoms with E-state index in [2.05, 4.69) is 4.90 Å².